The smallest absolute Gasteiger partial charge is 0.196 e. The van der Waals surface area contributed by atoms with E-state index in [2.05, 4.69) is 0 Å². The van der Waals surface area contributed by atoms with E-state index in [-0.39, 0.29) is 11.2 Å². The number of benzene rings is 2. The molecule has 1 aliphatic rings. The molecule has 0 amide bonds. The van der Waals surface area contributed by atoms with Gasteiger partial charge in [-0.05, 0) is 37.3 Å². The minimum Gasteiger partial charge on any atom is -0.496 e. The topological polar surface area (TPSA) is 65.7 Å². The average Bonchev–Trinajstić information content (AvgIpc) is 2.95. The van der Waals surface area contributed by atoms with Crippen LogP contribution in [0.15, 0.2) is 21.3 Å². The number of rotatable bonds is 2. The molecule has 0 atom stereocenters. The lowest BCUT2D eigenvalue weighted by molar-refractivity contribution is 0.0992. The summed E-state index contributed by atoms with van der Waals surface area (Å²) in [7, 11) is 3.08. The predicted molar refractivity (Wildman–Crippen MR) is 95.2 cm³/mol. The Labute approximate surface area is 144 Å². The van der Waals surface area contributed by atoms with Gasteiger partial charge in [0.2, 0.25) is 0 Å². The Bertz CT molecular complexity index is 1120. The molecule has 0 aliphatic heterocycles. The Balaban J connectivity index is 2.37. The second-order valence-corrected chi connectivity index (χ2v) is 6.37. The van der Waals surface area contributed by atoms with Gasteiger partial charge in [0.1, 0.15) is 22.6 Å². The summed E-state index contributed by atoms with van der Waals surface area (Å²) >= 11 is 0. The summed E-state index contributed by atoms with van der Waals surface area (Å²) in [6.07, 6.45) is 1.16. The molecule has 128 valence electrons. The van der Waals surface area contributed by atoms with Crippen molar-refractivity contribution in [3.05, 3.63) is 44.8 Å². The zero-order valence-corrected chi connectivity index (χ0v) is 14.6. The number of aryl methyl sites for hydroxylation is 3. The number of fused-ring (bicyclic) bond motifs is 4. The fourth-order valence-corrected chi connectivity index (χ4v) is 3.88. The fourth-order valence-electron chi connectivity index (χ4n) is 3.88. The third-order valence-corrected chi connectivity index (χ3v) is 4.94. The Morgan fingerprint density at radius 2 is 1.68 bits per heavy atom. The summed E-state index contributed by atoms with van der Waals surface area (Å²) in [4.78, 5) is 25.0. The lowest BCUT2D eigenvalue weighted by Gasteiger charge is -2.17. The zero-order chi connectivity index (χ0) is 17.9. The van der Waals surface area contributed by atoms with Crippen LogP contribution in [0.25, 0.3) is 21.7 Å². The van der Waals surface area contributed by atoms with Gasteiger partial charge in [-0.3, -0.25) is 9.59 Å². The van der Waals surface area contributed by atoms with Gasteiger partial charge in [-0.15, -0.1) is 0 Å². The van der Waals surface area contributed by atoms with Gasteiger partial charge in [0.05, 0.1) is 25.2 Å². The van der Waals surface area contributed by atoms with E-state index in [9.17, 15) is 9.59 Å². The van der Waals surface area contributed by atoms with E-state index in [1.165, 1.54) is 6.07 Å². The van der Waals surface area contributed by atoms with Crippen molar-refractivity contribution in [3.8, 4) is 11.5 Å². The van der Waals surface area contributed by atoms with Gasteiger partial charge in [0, 0.05) is 18.1 Å². The summed E-state index contributed by atoms with van der Waals surface area (Å²) < 4.78 is 17.1. The van der Waals surface area contributed by atoms with Crippen molar-refractivity contribution in [3.63, 3.8) is 0 Å². The Morgan fingerprint density at radius 3 is 2.36 bits per heavy atom. The van der Waals surface area contributed by atoms with E-state index >= 15 is 0 Å². The highest BCUT2D eigenvalue weighted by molar-refractivity contribution is 6.17. The molecule has 1 aromatic heterocycles. The van der Waals surface area contributed by atoms with E-state index in [0.29, 0.717) is 52.0 Å². The van der Waals surface area contributed by atoms with Crippen molar-refractivity contribution in [2.24, 2.45) is 0 Å². The van der Waals surface area contributed by atoms with Gasteiger partial charge in [-0.1, -0.05) is 0 Å². The standard InChI is InChI=1S/C20H18O5/c1-9-7-14(22)17-18(23-3)10(2)12-8-11-5-6-13(21)15(11)19(24-4)16(12)20(17)25-9/h7-8H,5-6H2,1-4H3. The minimum atomic E-state index is -0.172. The van der Waals surface area contributed by atoms with E-state index < -0.39 is 0 Å². The van der Waals surface area contributed by atoms with Crippen LogP contribution in [-0.2, 0) is 6.42 Å². The Morgan fingerprint density at radius 1 is 0.960 bits per heavy atom. The normalized spacial score (nSPS) is 13.5. The summed E-state index contributed by atoms with van der Waals surface area (Å²) in [6, 6.07) is 3.44. The number of hydrogen-bond acceptors (Lipinski definition) is 5. The van der Waals surface area contributed by atoms with Gasteiger partial charge in [0.25, 0.3) is 0 Å². The van der Waals surface area contributed by atoms with Crippen LogP contribution >= 0.6 is 0 Å². The molecule has 0 spiro atoms. The highest BCUT2D eigenvalue weighted by Gasteiger charge is 2.29. The largest absolute Gasteiger partial charge is 0.496 e. The Hall–Kier alpha value is -2.82. The molecule has 0 unspecified atom stereocenters. The molecule has 25 heavy (non-hydrogen) atoms. The second-order valence-electron chi connectivity index (χ2n) is 6.37. The van der Waals surface area contributed by atoms with Gasteiger partial charge < -0.3 is 13.9 Å². The quantitative estimate of drug-likeness (QED) is 0.667. The molecule has 5 heteroatoms. The van der Waals surface area contributed by atoms with Crippen molar-refractivity contribution >= 4 is 27.5 Å². The maximum absolute atomic E-state index is 12.6. The summed E-state index contributed by atoms with van der Waals surface area (Å²) in [5.74, 6) is 1.55. The van der Waals surface area contributed by atoms with Crippen LogP contribution in [0.5, 0.6) is 11.5 Å². The first kappa shape index (κ1) is 15.7. The maximum atomic E-state index is 12.6. The molecule has 0 saturated heterocycles. The lowest BCUT2D eigenvalue weighted by atomic mass is 9.94. The van der Waals surface area contributed by atoms with Gasteiger partial charge in [-0.25, -0.2) is 0 Å². The number of ether oxygens (including phenoxy) is 2. The zero-order valence-electron chi connectivity index (χ0n) is 14.6. The van der Waals surface area contributed by atoms with E-state index in [4.69, 9.17) is 13.9 Å². The molecule has 0 radical (unpaired) electrons. The van der Waals surface area contributed by atoms with E-state index in [1.807, 2.05) is 13.0 Å². The Kier molecular flexibility index (Phi) is 3.35. The molecule has 1 aliphatic carbocycles. The number of hydrogen-bond donors (Lipinski definition) is 0. The first-order chi connectivity index (χ1) is 12.0. The molecule has 1 heterocycles. The molecule has 0 bridgehead atoms. The molecule has 0 saturated carbocycles. The van der Waals surface area contributed by atoms with Gasteiger partial charge in [-0.2, -0.15) is 0 Å². The molecule has 3 aromatic rings. The third-order valence-electron chi connectivity index (χ3n) is 4.94. The van der Waals surface area contributed by atoms with Crippen LogP contribution < -0.4 is 14.9 Å². The second kappa shape index (κ2) is 5.34. The van der Waals surface area contributed by atoms with Crippen LogP contribution in [0.3, 0.4) is 0 Å². The monoisotopic (exact) mass is 338 g/mol. The predicted octanol–water partition coefficient (Wildman–Crippen LogP) is 3.71. The number of carbonyl (C=O) groups is 1. The van der Waals surface area contributed by atoms with Crippen LogP contribution in [0.1, 0.15) is 33.7 Å². The molecular formula is C20H18O5. The number of ketones is 1. The molecule has 4 rings (SSSR count). The van der Waals surface area contributed by atoms with Crippen molar-refractivity contribution in [2.45, 2.75) is 26.7 Å². The van der Waals surface area contributed by atoms with E-state index in [1.54, 1.807) is 21.1 Å². The molecular weight excluding hydrogens is 320 g/mol. The van der Waals surface area contributed by atoms with Gasteiger partial charge >= 0.3 is 0 Å². The van der Waals surface area contributed by atoms with Crippen LogP contribution in [0.2, 0.25) is 0 Å². The number of Topliss-reactive ketones (excluding diaryl/α,β-unsaturated/α-hetero) is 1. The first-order valence-electron chi connectivity index (χ1n) is 8.15. The third kappa shape index (κ3) is 2.02. The van der Waals surface area contributed by atoms with Crippen LogP contribution in [0.4, 0.5) is 0 Å². The molecule has 0 N–H and O–H groups in total. The summed E-state index contributed by atoms with van der Waals surface area (Å²) in [5.41, 5.74) is 2.64. The van der Waals surface area contributed by atoms with Crippen LogP contribution in [0, 0.1) is 13.8 Å². The van der Waals surface area contributed by atoms with Gasteiger partial charge in [0.15, 0.2) is 16.8 Å². The highest BCUT2D eigenvalue weighted by atomic mass is 16.5. The average molecular weight is 338 g/mol. The first-order valence-corrected chi connectivity index (χ1v) is 8.15. The maximum Gasteiger partial charge on any atom is 0.196 e. The summed E-state index contributed by atoms with van der Waals surface area (Å²) in [6.45, 7) is 3.63. The number of methoxy groups -OCH3 is 2. The van der Waals surface area contributed by atoms with Crippen molar-refractivity contribution in [1.29, 1.82) is 0 Å². The molecule has 5 nitrogen and oxygen atoms in total. The SMILES string of the molecule is COc1c(C)c2cc3c(c(OC)c2c2oc(C)cc(=O)c12)C(=O)CC3. The number of carbonyl (C=O) groups excluding carboxylic acids is 1. The van der Waals surface area contributed by atoms with Crippen LogP contribution in [-0.4, -0.2) is 20.0 Å². The van der Waals surface area contributed by atoms with Crippen molar-refractivity contribution < 1.29 is 18.7 Å². The van der Waals surface area contributed by atoms with E-state index in [0.717, 1.165) is 16.5 Å². The summed E-state index contributed by atoms with van der Waals surface area (Å²) in [5, 5.41) is 1.91. The minimum absolute atomic E-state index is 0.0605. The molecule has 2 aromatic carbocycles. The highest BCUT2D eigenvalue weighted by Crippen LogP contribution is 2.45. The van der Waals surface area contributed by atoms with Crippen molar-refractivity contribution in [1.82, 2.24) is 0 Å². The fraction of sp³-hybridized carbons (Fsp3) is 0.300. The lowest BCUT2D eigenvalue weighted by Crippen LogP contribution is -2.06. The van der Waals surface area contributed by atoms with Crippen molar-refractivity contribution in [2.75, 3.05) is 14.2 Å². The molecule has 0 fully saturated rings.